The fraction of sp³-hybridized carbons (Fsp3) is 0.696. The molecule has 1 amide bonds. The van der Waals surface area contributed by atoms with Gasteiger partial charge in [-0.15, -0.1) is 0 Å². The molecule has 0 bridgehead atoms. The Morgan fingerprint density at radius 2 is 2.10 bits per heavy atom. The van der Waals surface area contributed by atoms with Gasteiger partial charge >= 0.3 is 0 Å². The van der Waals surface area contributed by atoms with E-state index in [9.17, 15) is 4.79 Å². The van der Waals surface area contributed by atoms with Gasteiger partial charge in [0.05, 0.1) is 18.2 Å². The largest absolute Gasteiger partial charge is 0.383 e. The van der Waals surface area contributed by atoms with Gasteiger partial charge in [0.15, 0.2) is 0 Å². The maximum Gasteiger partial charge on any atom is 0.225 e. The van der Waals surface area contributed by atoms with Gasteiger partial charge in [0.2, 0.25) is 11.9 Å². The lowest BCUT2D eigenvalue weighted by molar-refractivity contribution is -0.125. The number of nitrogens with zero attached hydrogens (tertiary/aromatic N) is 4. The monoisotopic (exact) mass is 413 g/mol. The van der Waals surface area contributed by atoms with Crippen LogP contribution >= 0.6 is 0 Å². The van der Waals surface area contributed by atoms with E-state index >= 15 is 0 Å². The third-order valence-electron chi connectivity index (χ3n) is 6.58. The number of aromatic nitrogens is 2. The summed E-state index contributed by atoms with van der Waals surface area (Å²) in [6.07, 6.45) is 11.6. The number of anilines is 1. The molecule has 0 spiro atoms. The zero-order chi connectivity index (χ0) is 20.8. The quantitative estimate of drug-likeness (QED) is 0.521. The van der Waals surface area contributed by atoms with E-state index in [0.29, 0.717) is 13.2 Å². The predicted molar refractivity (Wildman–Crippen MR) is 118 cm³/mol. The number of nitrogens with one attached hydrogen (secondary N) is 1. The first-order valence-corrected chi connectivity index (χ1v) is 11.5. The van der Waals surface area contributed by atoms with Crippen molar-refractivity contribution in [1.82, 2.24) is 20.2 Å². The van der Waals surface area contributed by atoms with Gasteiger partial charge < -0.3 is 15.0 Å². The van der Waals surface area contributed by atoms with Gasteiger partial charge in [0.1, 0.15) is 0 Å². The molecular formula is C23H35N5O2. The first-order chi connectivity index (χ1) is 14.7. The Labute approximate surface area is 179 Å². The molecule has 2 aliphatic heterocycles. The number of allylic oxidation sites excluding steroid dienone is 1. The van der Waals surface area contributed by atoms with Crippen LogP contribution in [0.3, 0.4) is 0 Å². The van der Waals surface area contributed by atoms with Gasteiger partial charge in [-0.2, -0.15) is 0 Å². The highest BCUT2D eigenvalue weighted by atomic mass is 16.5. The number of amides is 1. The van der Waals surface area contributed by atoms with Crippen LogP contribution in [0.15, 0.2) is 23.9 Å². The molecule has 7 heteroatoms. The Hall–Kier alpha value is -1.99. The van der Waals surface area contributed by atoms with E-state index in [1.54, 1.807) is 7.11 Å². The lowest BCUT2D eigenvalue weighted by Gasteiger charge is -2.21. The van der Waals surface area contributed by atoms with Crippen LogP contribution in [0, 0.1) is 5.92 Å². The van der Waals surface area contributed by atoms with E-state index < -0.39 is 0 Å². The molecule has 0 radical (unpaired) electrons. The second-order valence-corrected chi connectivity index (χ2v) is 8.77. The minimum atomic E-state index is -0.0904. The maximum atomic E-state index is 13.0. The van der Waals surface area contributed by atoms with Gasteiger partial charge in [-0.25, -0.2) is 9.97 Å². The molecule has 7 nitrogen and oxygen atoms in total. The van der Waals surface area contributed by atoms with Crippen molar-refractivity contribution < 1.29 is 9.53 Å². The predicted octanol–water partition coefficient (Wildman–Crippen LogP) is 2.36. The molecule has 30 heavy (non-hydrogen) atoms. The van der Waals surface area contributed by atoms with Crippen molar-refractivity contribution in [2.24, 2.45) is 5.92 Å². The average molecular weight is 414 g/mol. The normalized spacial score (nSPS) is 24.8. The van der Waals surface area contributed by atoms with E-state index in [1.165, 1.54) is 44.1 Å². The fourth-order valence-corrected chi connectivity index (χ4v) is 4.96. The smallest absolute Gasteiger partial charge is 0.225 e. The summed E-state index contributed by atoms with van der Waals surface area (Å²) >= 11 is 0. The molecule has 2 saturated heterocycles. The Morgan fingerprint density at radius 3 is 2.87 bits per heavy atom. The molecule has 2 fully saturated rings. The second kappa shape index (κ2) is 10.4. The lowest BCUT2D eigenvalue weighted by atomic mass is 9.92. The number of ether oxygens (including phenoxy) is 1. The summed E-state index contributed by atoms with van der Waals surface area (Å²) in [4.78, 5) is 27.2. The molecule has 1 aromatic rings. The topological polar surface area (TPSA) is 70.6 Å². The first-order valence-electron chi connectivity index (χ1n) is 11.5. The molecule has 2 atom stereocenters. The second-order valence-electron chi connectivity index (χ2n) is 8.77. The summed E-state index contributed by atoms with van der Waals surface area (Å²) in [6, 6.07) is 2.00. The standard InChI is InChI=1S/C23H35N5O2/c1-30-14-11-24-22(29)20-17-27(15-18-7-3-2-4-8-18)16-19(20)21-9-10-25-23(26-21)28-12-5-6-13-28/h7,9-10,19-20H,2-6,8,11-17H2,1H3,(H,24,29)/t19-,20-/m1/s1. The lowest BCUT2D eigenvalue weighted by Crippen LogP contribution is -2.36. The van der Waals surface area contributed by atoms with Crippen LogP contribution in [0.2, 0.25) is 0 Å². The van der Waals surface area contributed by atoms with E-state index in [-0.39, 0.29) is 17.7 Å². The van der Waals surface area contributed by atoms with Crippen molar-refractivity contribution in [2.75, 3.05) is 57.9 Å². The van der Waals surface area contributed by atoms with E-state index in [2.05, 4.69) is 26.2 Å². The minimum absolute atomic E-state index is 0.0904. The highest BCUT2D eigenvalue weighted by Crippen LogP contribution is 2.34. The molecule has 4 rings (SSSR count). The Bertz CT molecular complexity index is 747. The van der Waals surface area contributed by atoms with Gasteiger partial charge in [-0.3, -0.25) is 9.69 Å². The van der Waals surface area contributed by atoms with Crippen molar-refractivity contribution in [3.8, 4) is 0 Å². The van der Waals surface area contributed by atoms with E-state index in [0.717, 1.165) is 44.4 Å². The molecule has 0 aromatic carbocycles. The molecule has 3 heterocycles. The summed E-state index contributed by atoms with van der Waals surface area (Å²) in [7, 11) is 1.66. The number of carbonyl (C=O) groups is 1. The number of methoxy groups -OCH3 is 1. The number of hydrogen-bond donors (Lipinski definition) is 1. The number of carbonyl (C=O) groups excluding carboxylic acids is 1. The highest BCUT2D eigenvalue weighted by molar-refractivity contribution is 5.80. The number of rotatable bonds is 8. The van der Waals surface area contributed by atoms with Crippen LogP contribution in [0.4, 0.5) is 5.95 Å². The third-order valence-corrected chi connectivity index (χ3v) is 6.58. The molecular weight excluding hydrogens is 378 g/mol. The Morgan fingerprint density at radius 1 is 1.23 bits per heavy atom. The minimum Gasteiger partial charge on any atom is -0.383 e. The van der Waals surface area contributed by atoms with Crippen molar-refractivity contribution >= 4 is 11.9 Å². The number of hydrogen-bond acceptors (Lipinski definition) is 6. The first kappa shape index (κ1) is 21.2. The summed E-state index contributed by atoms with van der Waals surface area (Å²) in [5.41, 5.74) is 2.53. The van der Waals surface area contributed by atoms with Crippen LogP contribution < -0.4 is 10.2 Å². The van der Waals surface area contributed by atoms with Crippen molar-refractivity contribution in [3.63, 3.8) is 0 Å². The average Bonchev–Trinajstić information content (AvgIpc) is 3.45. The maximum absolute atomic E-state index is 13.0. The molecule has 1 N–H and O–H groups in total. The van der Waals surface area contributed by atoms with Crippen LogP contribution in [0.25, 0.3) is 0 Å². The zero-order valence-electron chi connectivity index (χ0n) is 18.2. The van der Waals surface area contributed by atoms with Crippen LogP contribution in [-0.4, -0.2) is 73.8 Å². The molecule has 164 valence electrons. The van der Waals surface area contributed by atoms with Gasteiger partial charge in [0, 0.05) is 58.5 Å². The van der Waals surface area contributed by atoms with Crippen LogP contribution in [0.5, 0.6) is 0 Å². The molecule has 1 aliphatic carbocycles. The van der Waals surface area contributed by atoms with E-state index in [1.807, 2.05) is 12.3 Å². The molecule has 3 aliphatic rings. The molecule has 0 saturated carbocycles. The summed E-state index contributed by atoms with van der Waals surface area (Å²) in [5, 5.41) is 3.06. The SMILES string of the molecule is COCCNC(=O)[C@@H]1CN(CC2=CCCCC2)C[C@H]1c1ccnc(N2CCCC2)n1. The van der Waals surface area contributed by atoms with Crippen LogP contribution in [0.1, 0.15) is 50.1 Å². The zero-order valence-corrected chi connectivity index (χ0v) is 18.2. The third kappa shape index (κ3) is 5.19. The summed E-state index contributed by atoms with van der Waals surface area (Å²) < 4.78 is 5.10. The van der Waals surface area contributed by atoms with Crippen molar-refractivity contribution in [3.05, 3.63) is 29.6 Å². The van der Waals surface area contributed by atoms with Crippen LogP contribution in [-0.2, 0) is 9.53 Å². The van der Waals surface area contributed by atoms with Crippen molar-refractivity contribution in [2.45, 2.75) is 44.4 Å². The fourth-order valence-electron chi connectivity index (χ4n) is 4.96. The highest BCUT2D eigenvalue weighted by Gasteiger charge is 2.39. The van der Waals surface area contributed by atoms with Gasteiger partial charge in [-0.05, 0) is 44.6 Å². The van der Waals surface area contributed by atoms with Gasteiger partial charge in [0.25, 0.3) is 0 Å². The summed E-state index contributed by atoms with van der Waals surface area (Å²) in [5.74, 6) is 0.934. The molecule has 1 aromatic heterocycles. The van der Waals surface area contributed by atoms with Gasteiger partial charge in [-0.1, -0.05) is 11.6 Å². The Kier molecular flexibility index (Phi) is 7.33. The van der Waals surface area contributed by atoms with E-state index in [4.69, 9.17) is 9.72 Å². The molecule has 0 unspecified atom stereocenters. The number of likely N-dealkylation sites (tertiary alicyclic amines) is 1. The summed E-state index contributed by atoms with van der Waals surface area (Å²) in [6.45, 7) is 5.76. The Balaban J connectivity index is 1.50. The van der Waals surface area contributed by atoms with Crippen molar-refractivity contribution in [1.29, 1.82) is 0 Å².